The van der Waals surface area contributed by atoms with Crippen LogP contribution in [-0.4, -0.2) is 24.0 Å². The van der Waals surface area contributed by atoms with Crippen LogP contribution in [0.5, 0.6) is 0 Å². The summed E-state index contributed by atoms with van der Waals surface area (Å²) < 4.78 is 10.3. The van der Waals surface area contributed by atoms with Gasteiger partial charge in [0.15, 0.2) is 5.78 Å². The van der Waals surface area contributed by atoms with Crippen molar-refractivity contribution in [2.75, 3.05) is 6.54 Å². The van der Waals surface area contributed by atoms with E-state index in [0.717, 1.165) is 5.76 Å². The van der Waals surface area contributed by atoms with Crippen LogP contribution in [0.4, 0.5) is 4.79 Å². The molecule has 0 aliphatic heterocycles. The fourth-order valence-corrected chi connectivity index (χ4v) is 1.32. The van der Waals surface area contributed by atoms with E-state index in [1.165, 1.54) is 0 Å². The summed E-state index contributed by atoms with van der Waals surface area (Å²) in [5, 5.41) is 2.41. The number of ether oxygens (including phenoxy) is 1. The number of carbonyl (C=O) groups is 2. The van der Waals surface area contributed by atoms with Crippen molar-refractivity contribution >= 4 is 11.9 Å². The van der Waals surface area contributed by atoms with Gasteiger partial charge in [0, 0.05) is 0 Å². The topological polar surface area (TPSA) is 68.5 Å². The first kappa shape index (κ1) is 14.3. The minimum absolute atomic E-state index is 0.0609. The van der Waals surface area contributed by atoms with Crippen molar-refractivity contribution in [3.05, 3.63) is 23.7 Å². The third-order valence-electron chi connectivity index (χ3n) is 2.00. The van der Waals surface area contributed by atoms with Crippen molar-refractivity contribution in [3.8, 4) is 0 Å². The van der Waals surface area contributed by atoms with Gasteiger partial charge in [-0.15, -0.1) is 0 Å². The molecule has 1 aromatic rings. The van der Waals surface area contributed by atoms with Crippen LogP contribution in [0.15, 0.2) is 16.5 Å². The van der Waals surface area contributed by atoms with Gasteiger partial charge in [0.2, 0.25) is 0 Å². The van der Waals surface area contributed by atoms with Gasteiger partial charge < -0.3 is 14.5 Å². The Morgan fingerprint density at radius 2 is 2.00 bits per heavy atom. The van der Waals surface area contributed by atoms with Crippen molar-refractivity contribution in [2.24, 2.45) is 0 Å². The first-order valence-corrected chi connectivity index (χ1v) is 5.80. The van der Waals surface area contributed by atoms with Crippen LogP contribution in [0.2, 0.25) is 0 Å². The number of nitrogens with one attached hydrogen (secondary N) is 1. The monoisotopic (exact) mass is 253 g/mol. The Hall–Kier alpha value is -1.78. The Balaban J connectivity index is 2.31. The van der Waals surface area contributed by atoms with E-state index >= 15 is 0 Å². The molecular formula is C13H19NO4. The van der Waals surface area contributed by atoms with Crippen molar-refractivity contribution in [3.63, 3.8) is 0 Å². The molecule has 18 heavy (non-hydrogen) atoms. The second-order valence-electron chi connectivity index (χ2n) is 5.08. The molecule has 0 atom stereocenters. The smallest absolute Gasteiger partial charge is 0.408 e. The zero-order valence-electron chi connectivity index (χ0n) is 11.2. The summed E-state index contributed by atoms with van der Waals surface area (Å²) in [4.78, 5) is 22.9. The van der Waals surface area contributed by atoms with Crippen LogP contribution < -0.4 is 5.32 Å². The molecule has 5 heteroatoms. The molecule has 0 saturated carbocycles. The highest BCUT2D eigenvalue weighted by Crippen LogP contribution is 2.08. The van der Waals surface area contributed by atoms with Crippen molar-refractivity contribution < 1.29 is 18.7 Å². The summed E-state index contributed by atoms with van der Waals surface area (Å²) in [6.07, 6.45) is -0.421. The first-order valence-electron chi connectivity index (χ1n) is 5.80. The molecule has 0 radical (unpaired) electrons. The van der Waals surface area contributed by atoms with Gasteiger partial charge in [0.1, 0.15) is 17.1 Å². The van der Waals surface area contributed by atoms with Gasteiger partial charge in [-0.25, -0.2) is 4.79 Å². The second kappa shape index (κ2) is 5.71. The molecule has 0 bridgehead atoms. The Labute approximate surface area is 106 Å². The van der Waals surface area contributed by atoms with E-state index in [-0.39, 0.29) is 18.7 Å². The molecule has 0 aromatic carbocycles. The van der Waals surface area contributed by atoms with Crippen LogP contribution >= 0.6 is 0 Å². The summed E-state index contributed by atoms with van der Waals surface area (Å²) in [5.74, 6) is 1.23. The lowest BCUT2D eigenvalue weighted by Crippen LogP contribution is -2.35. The molecule has 5 nitrogen and oxygen atoms in total. The summed E-state index contributed by atoms with van der Waals surface area (Å²) in [7, 11) is 0. The highest BCUT2D eigenvalue weighted by Gasteiger charge is 2.16. The number of furan rings is 1. The lowest BCUT2D eigenvalue weighted by molar-refractivity contribution is -0.117. The van der Waals surface area contributed by atoms with Crippen LogP contribution in [0.1, 0.15) is 32.3 Å². The van der Waals surface area contributed by atoms with E-state index in [9.17, 15) is 9.59 Å². The molecule has 0 fully saturated rings. The number of amides is 1. The van der Waals surface area contributed by atoms with Crippen molar-refractivity contribution in [1.29, 1.82) is 0 Å². The van der Waals surface area contributed by atoms with E-state index < -0.39 is 11.7 Å². The molecule has 0 spiro atoms. The third-order valence-corrected chi connectivity index (χ3v) is 2.00. The van der Waals surface area contributed by atoms with Crippen LogP contribution in [0.25, 0.3) is 0 Å². The number of hydrogen-bond donors (Lipinski definition) is 1. The number of alkyl carbamates (subject to hydrolysis) is 1. The molecule has 0 unspecified atom stereocenters. The summed E-state index contributed by atoms with van der Waals surface area (Å²) in [6, 6.07) is 3.55. The molecule has 1 aromatic heterocycles. The van der Waals surface area contributed by atoms with Gasteiger partial charge in [0.25, 0.3) is 0 Å². The highest BCUT2D eigenvalue weighted by molar-refractivity contribution is 5.85. The van der Waals surface area contributed by atoms with E-state index in [2.05, 4.69) is 5.32 Å². The lowest BCUT2D eigenvalue weighted by atomic mass is 10.2. The van der Waals surface area contributed by atoms with Gasteiger partial charge in [-0.2, -0.15) is 0 Å². The maximum absolute atomic E-state index is 11.6. The van der Waals surface area contributed by atoms with Crippen molar-refractivity contribution in [2.45, 2.75) is 39.7 Å². The molecule has 0 aliphatic rings. The SMILES string of the molecule is Cc1ccc(CC(=O)CNC(=O)OC(C)(C)C)o1. The Bertz CT molecular complexity index is 428. The molecule has 0 aliphatic carbocycles. The average Bonchev–Trinajstić information content (AvgIpc) is 2.58. The van der Waals surface area contributed by atoms with Gasteiger partial charge >= 0.3 is 6.09 Å². The normalized spacial score (nSPS) is 11.1. The van der Waals surface area contributed by atoms with Crippen LogP contribution in [0, 0.1) is 6.92 Å². The molecule has 100 valence electrons. The zero-order valence-corrected chi connectivity index (χ0v) is 11.2. The van der Waals surface area contributed by atoms with Gasteiger partial charge in [-0.05, 0) is 39.8 Å². The van der Waals surface area contributed by atoms with Crippen LogP contribution in [-0.2, 0) is 16.0 Å². The third kappa shape index (κ3) is 5.52. The molecule has 0 saturated heterocycles. The molecule has 1 rings (SSSR count). The molecule has 1 amide bonds. The zero-order chi connectivity index (χ0) is 13.8. The Morgan fingerprint density at radius 3 is 2.50 bits per heavy atom. The molecule has 1 heterocycles. The number of hydrogen-bond acceptors (Lipinski definition) is 4. The number of Topliss-reactive ketones (excluding diaryl/α,β-unsaturated/α-hetero) is 1. The quantitative estimate of drug-likeness (QED) is 0.893. The lowest BCUT2D eigenvalue weighted by Gasteiger charge is -2.19. The maximum atomic E-state index is 11.6. The predicted molar refractivity (Wildman–Crippen MR) is 66.4 cm³/mol. The van der Waals surface area contributed by atoms with E-state index in [1.54, 1.807) is 32.9 Å². The Kier molecular flexibility index (Phi) is 4.53. The number of ketones is 1. The van der Waals surface area contributed by atoms with Crippen LogP contribution in [0.3, 0.4) is 0 Å². The highest BCUT2D eigenvalue weighted by atomic mass is 16.6. The summed E-state index contributed by atoms with van der Waals surface area (Å²) in [5.41, 5.74) is -0.564. The molecule has 1 N–H and O–H groups in total. The van der Waals surface area contributed by atoms with E-state index in [1.807, 2.05) is 6.92 Å². The van der Waals surface area contributed by atoms with Crippen molar-refractivity contribution in [1.82, 2.24) is 5.32 Å². The number of carbonyl (C=O) groups excluding carboxylic acids is 2. The fourth-order valence-electron chi connectivity index (χ4n) is 1.32. The first-order chi connectivity index (χ1) is 8.26. The largest absolute Gasteiger partial charge is 0.466 e. The van der Waals surface area contributed by atoms with E-state index in [4.69, 9.17) is 9.15 Å². The Morgan fingerprint density at radius 1 is 1.33 bits per heavy atom. The standard InChI is InChI=1S/C13H19NO4/c1-9-5-6-11(17-9)7-10(15)8-14-12(16)18-13(2,3)4/h5-6H,7-8H2,1-4H3,(H,14,16). The minimum Gasteiger partial charge on any atom is -0.466 e. The number of aryl methyl sites for hydroxylation is 1. The van der Waals surface area contributed by atoms with Gasteiger partial charge in [-0.3, -0.25) is 4.79 Å². The van der Waals surface area contributed by atoms with E-state index in [0.29, 0.717) is 5.76 Å². The second-order valence-corrected chi connectivity index (χ2v) is 5.08. The maximum Gasteiger partial charge on any atom is 0.408 e. The average molecular weight is 253 g/mol. The fraction of sp³-hybridized carbons (Fsp3) is 0.538. The number of rotatable bonds is 4. The van der Waals surface area contributed by atoms with Gasteiger partial charge in [-0.1, -0.05) is 0 Å². The molecular weight excluding hydrogens is 234 g/mol. The summed E-state index contributed by atoms with van der Waals surface area (Å²) in [6.45, 7) is 7.04. The summed E-state index contributed by atoms with van der Waals surface area (Å²) >= 11 is 0. The van der Waals surface area contributed by atoms with Gasteiger partial charge in [0.05, 0.1) is 13.0 Å². The minimum atomic E-state index is -0.591. The predicted octanol–water partition coefficient (Wildman–Crippen LogP) is 2.22.